The maximum atomic E-state index is 4.87. The minimum absolute atomic E-state index is 0. The van der Waals surface area contributed by atoms with Crippen LogP contribution in [0.25, 0.3) is 0 Å². The predicted octanol–water partition coefficient (Wildman–Crippen LogP) is 1.70. The van der Waals surface area contributed by atoms with Gasteiger partial charge in [-0.2, -0.15) is 0 Å². The highest BCUT2D eigenvalue weighted by Gasteiger charge is 2.21. The molecular weight excluding hydrogens is 481 g/mol. The van der Waals surface area contributed by atoms with Crippen LogP contribution >= 0.6 is 24.0 Å². The first kappa shape index (κ1) is 21.7. The van der Waals surface area contributed by atoms with Crippen LogP contribution in [0, 0.1) is 0 Å². The zero-order valence-electron chi connectivity index (χ0n) is 17.0. The lowest BCUT2D eigenvalue weighted by atomic mass is 10.2. The summed E-state index contributed by atoms with van der Waals surface area (Å²) in [5.41, 5.74) is 0. The van der Waals surface area contributed by atoms with Gasteiger partial charge in [-0.05, 0) is 25.8 Å². The van der Waals surface area contributed by atoms with Crippen molar-refractivity contribution in [2.45, 2.75) is 45.7 Å². The molecule has 0 unspecified atom stereocenters. The van der Waals surface area contributed by atoms with E-state index in [0.29, 0.717) is 6.54 Å². The van der Waals surface area contributed by atoms with Crippen LogP contribution in [-0.4, -0.2) is 68.3 Å². The third-order valence-corrected chi connectivity index (χ3v) is 5.31. The van der Waals surface area contributed by atoms with Crippen molar-refractivity contribution in [1.29, 1.82) is 0 Å². The molecule has 0 amide bonds. The Morgan fingerprint density at radius 1 is 1.03 bits per heavy atom. The lowest BCUT2D eigenvalue weighted by molar-refractivity contribution is 0.369. The molecule has 158 valence electrons. The Balaban J connectivity index is 0.00000240. The Morgan fingerprint density at radius 2 is 1.83 bits per heavy atom. The van der Waals surface area contributed by atoms with Gasteiger partial charge < -0.3 is 19.7 Å². The molecule has 2 aromatic heterocycles. The summed E-state index contributed by atoms with van der Waals surface area (Å²) in [4.78, 5) is 18.1. The molecule has 0 aliphatic carbocycles. The summed E-state index contributed by atoms with van der Waals surface area (Å²) in [5, 5.41) is 12.2. The lowest BCUT2D eigenvalue weighted by Gasteiger charge is -2.36. The number of aryl methyl sites for hydroxylation is 1. The van der Waals surface area contributed by atoms with Crippen LogP contribution in [0.15, 0.2) is 23.5 Å². The van der Waals surface area contributed by atoms with Gasteiger partial charge in [0.2, 0.25) is 5.95 Å². The Hall–Kier alpha value is -1.98. The Kier molecular flexibility index (Phi) is 8.01. The molecule has 0 atom stereocenters. The molecule has 0 bridgehead atoms. The maximum Gasteiger partial charge on any atom is 0.225 e. The van der Waals surface area contributed by atoms with Gasteiger partial charge in [-0.25, -0.2) is 15.0 Å². The molecule has 9 nitrogen and oxygen atoms in total. The van der Waals surface area contributed by atoms with Crippen LogP contribution in [0.3, 0.4) is 0 Å². The van der Waals surface area contributed by atoms with Gasteiger partial charge in [0.15, 0.2) is 11.8 Å². The molecule has 10 heteroatoms. The monoisotopic (exact) mass is 511 g/mol. The fraction of sp³-hybridized carbons (Fsp3) is 0.632. The third-order valence-electron chi connectivity index (χ3n) is 5.31. The highest BCUT2D eigenvalue weighted by atomic mass is 127. The number of halogens is 1. The van der Waals surface area contributed by atoms with Crippen molar-refractivity contribution in [2.24, 2.45) is 4.99 Å². The van der Waals surface area contributed by atoms with Gasteiger partial charge in [0.05, 0.1) is 0 Å². The smallest absolute Gasteiger partial charge is 0.225 e. The zero-order chi connectivity index (χ0) is 19.2. The molecule has 1 N–H and O–H groups in total. The van der Waals surface area contributed by atoms with Crippen molar-refractivity contribution in [1.82, 2.24) is 34.9 Å². The number of rotatable bonds is 4. The number of aromatic nitrogens is 5. The normalized spacial score (nSPS) is 17.3. The molecule has 2 aliphatic heterocycles. The minimum Gasteiger partial charge on any atom is -0.357 e. The highest BCUT2D eigenvalue weighted by molar-refractivity contribution is 14.0. The number of guanidine groups is 1. The largest absolute Gasteiger partial charge is 0.357 e. The summed E-state index contributed by atoms with van der Waals surface area (Å²) in [5.74, 6) is 3.84. The molecule has 29 heavy (non-hydrogen) atoms. The zero-order valence-corrected chi connectivity index (χ0v) is 19.3. The molecule has 0 saturated carbocycles. The molecule has 1 fully saturated rings. The second-order valence-electron chi connectivity index (χ2n) is 7.19. The topological polar surface area (TPSA) is 87.4 Å². The summed E-state index contributed by atoms with van der Waals surface area (Å²) >= 11 is 0. The SMILES string of the molecule is CCNC(=NCc1nnc2n1CCCCC2)N1CCN(c2ncccn2)CC1.I. The number of hydrogen-bond acceptors (Lipinski definition) is 6. The van der Waals surface area contributed by atoms with Gasteiger partial charge >= 0.3 is 0 Å². The van der Waals surface area contributed by atoms with Crippen LogP contribution < -0.4 is 10.2 Å². The van der Waals surface area contributed by atoms with Crippen molar-refractivity contribution in [3.63, 3.8) is 0 Å². The van der Waals surface area contributed by atoms with E-state index >= 15 is 0 Å². The van der Waals surface area contributed by atoms with Gasteiger partial charge in [0, 0.05) is 58.1 Å². The van der Waals surface area contributed by atoms with Crippen molar-refractivity contribution < 1.29 is 0 Å². The van der Waals surface area contributed by atoms with Gasteiger partial charge in [-0.3, -0.25) is 0 Å². The number of nitrogens with one attached hydrogen (secondary N) is 1. The van der Waals surface area contributed by atoms with Crippen molar-refractivity contribution in [3.05, 3.63) is 30.1 Å². The van der Waals surface area contributed by atoms with Crippen molar-refractivity contribution in [2.75, 3.05) is 37.6 Å². The molecule has 0 radical (unpaired) electrons. The quantitative estimate of drug-likeness (QED) is 0.380. The summed E-state index contributed by atoms with van der Waals surface area (Å²) in [6, 6.07) is 1.85. The second-order valence-corrected chi connectivity index (χ2v) is 7.19. The summed E-state index contributed by atoms with van der Waals surface area (Å²) in [6.45, 7) is 8.08. The minimum atomic E-state index is 0. The highest BCUT2D eigenvalue weighted by Crippen LogP contribution is 2.15. The van der Waals surface area contributed by atoms with E-state index in [1.54, 1.807) is 12.4 Å². The van der Waals surface area contributed by atoms with Gasteiger partial charge in [0.25, 0.3) is 0 Å². The molecule has 4 heterocycles. The molecule has 4 rings (SSSR count). The average Bonchev–Trinajstić information content (AvgIpc) is 2.98. The van der Waals surface area contributed by atoms with E-state index in [1.807, 2.05) is 6.07 Å². The molecule has 2 aliphatic rings. The Bertz CT molecular complexity index is 784. The van der Waals surface area contributed by atoms with Crippen LogP contribution in [0.1, 0.15) is 37.8 Å². The third kappa shape index (κ3) is 5.34. The number of piperazine rings is 1. The number of anilines is 1. The molecule has 0 aromatic carbocycles. The van der Waals surface area contributed by atoms with Gasteiger partial charge in [-0.1, -0.05) is 6.42 Å². The first-order chi connectivity index (χ1) is 13.8. The summed E-state index contributed by atoms with van der Waals surface area (Å²) in [6.07, 6.45) is 8.29. The standard InChI is InChI=1S/C19H29N9.HI/c1-2-20-18(23-15-17-25-24-16-7-4-3-5-10-28(16)17)26-11-13-27(14-12-26)19-21-8-6-9-22-19;/h6,8-9H,2-5,7,10-15H2,1H3,(H,20,23);1H. The molecule has 1 saturated heterocycles. The van der Waals surface area contributed by atoms with Crippen molar-refractivity contribution in [3.8, 4) is 0 Å². The van der Waals surface area contributed by atoms with E-state index in [-0.39, 0.29) is 24.0 Å². The van der Waals surface area contributed by atoms with Crippen molar-refractivity contribution >= 4 is 35.9 Å². The van der Waals surface area contributed by atoms with E-state index in [9.17, 15) is 0 Å². The molecule has 0 spiro atoms. The summed E-state index contributed by atoms with van der Waals surface area (Å²) in [7, 11) is 0. The molecule has 2 aromatic rings. The second kappa shape index (κ2) is 10.7. The maximum absolute atomic E-state index is 4.87. The van der Waals surface area contributed by atoms with Gasteiger partial charge in [0.1, 0.15) is 12.4 Å². The lowest BCUT2D eigenvalue weighted by Crippen LogP contribution is -2.53. The van der Waals surface area contributed by atoms with E-state index in [0.717, 1.165) is 69.2 Å². The van der Waals surface area contributed by atoms with E-state index in [1.165, 1.54) is 19.3 Å². The van der Waals surface area contributed by atoms with Crippen LogP contribution in [0.2, 0.25) is 0 Å². The van der Waals surface area contributed by atoms with Gasteiger partial charge in [-0.15, -0.1) is 34.2 Å². The number of nitrogens with zero attached hydrogens (tertiary/aromatic N) is 8. The first-order valence-corrected chi connectivity index (χ1v) is 10.3. The number of hydrogen-bond donors (Lipinski definition) is 1. The fourth-order valence-corrected chi connectivity index (χ4v) is 3.81. The number of aliphatic imine (C=N–C) groups is 1. The summed E-state index contributed by atoms with van der Waals surface area (Å²) < 4.78 is 2.27. The number of fused-ring (bicyclic) bond motifs is 1. The van der Waals surface area contributed by atoms with Crippen LogP contribution in [-0.2, 0) is 19.5 Å². The van der Waals surface area contributed by atoms with E-state index in [4.69, 9.17) is 4.99 Å². The molecular formula is C19H30IN9. The average molecular weight is 511 g/mol. The fourth-order valence-electron chi connectivity index (χ4n) is 3.81. The Labute approximate surface area is 189 Å². The van der Waals surface area contributed by atoms with E-state index in [2.05, 4.69) is 46.8 Å². The van der Waals surface area contributed by atoms with E-state index < -0.39 is 0 Å². The van der Waals surface area contributed by atoms with Crippen LogP contribution in [0.5, 0.6) is 0 Å². The van der Waals surface area contributed by atoms with Crippen LogP contribution in [0.4, 0.5) is 5.95 Å². The predicted molar refractivity (Wildman–Crippen MR) is 124 cm³/mol. The Morgan fingerprint density at radius 3 is 2.59 bits per heavy atom. The first-order valence-electron chi connectivity index (χ1n) is 10.3.